The summed E-state index contributed by atoms with van der Waals surface area (Å²) >= 11 is 0. The van der Waals surface area contributed by atoms with Crippen LogP contribution in [0.15, 0.2) is 24.3 Å². The maximum Gasteiger partial charge on any atom is 0.183 e. The molecule has 4 rings (SSSR count). The Balaban J connectivity index is 1.69. The Kier molecular flexibility index (Phi) is 4.22. The smallest absolute Gasteiger partial charge is 0.183 e. The number of benzene rings is 1. The number of morpholine rings is 1. The van der Waals surface area contributed by atoms with Crippen molar-refractivity contribution in [3.63, 3.8) is 0 Å². The van der Waals surface area contributed by atoms with Gasteiger partial charge in [0.15, 0.2) is 11.2 Å². The molecule has 3 aromatic rings. The molecule has 2 N–H and O–H groups in total. The highest BCUT2D eigenvalue weighted by atomic mass is 16.5. The highest BCUT2D eigenvalue weighted by molar-refractivity contribution is 6.03. The van der Waals surface area contributed by atoms with Gasteiger partial charge in [-0.05, 0) is 12.5 Å². The van der Waals surface area contributed by atoms with Crippen molar-refractivity contribution in [2.75, 3.05) is 32.8 Å². The van der Waals surface area contributed by atoms with E-state index in [2.05, 4.69) is 20.9 Å². The van der Waals surface area contributed by atoms with Gasteiger partial charge in [0.1, 0.15) is 17.2 Å². The molecule has 0 saturated carbocycles. The van der Waals surface area contributed by atoms with E-state index in [9.17, 15) is 5.26 Å². The lowest BCUT2D eigenvalue weighted by molar-refractivity contribution is 0.0369. The molecule has 2 aromatic heterocycles. The molecule has 0 radical (unpaired) electrons. The quantitative estimate of drug-likeness (QED) is 0.756. The third-order valence-corrected chi connectivity index (χ3v) is 4.71. The normalized spacial score (nSPS) is 15.6. The summed E-state index contributed by atoms with van der Waals surface area (Å²) in [5.41, 5.74) is 2.88. The summed E-state index contributed by atoms with van der Waals surface area (Å²) in [5.74, 6) is 0. The van der Waals surface area contributed by atoms with Crippen LogP contribution < -0.4 is 5.49 Å². The molecule has 0 unspecified atom stereocenters. The molecule has 0 aliphatic carbocycles. The lowest BCUT2D eigenvalue weighted by Crippen LogP contribution is -2.37. The Hall–Kier alpha value is -2.69. The van der Waals surface area contributed by atoms with Gasteiger partial charge in [-0.3, -0.25) is 10.3 Å². The zero-order chi connectivity index (χ0) is 17.2. The summed E-state index contributed by atoms with van der Waals surface area (Å²) in [6, 6.07) is 9.97. The minimum Gasteiger partial charge on any atom is -0.379 e. The van der Waals surface area contributed by atoms with Crippen molar-refractivity contribution < 1.29 is 4.74 Å². The number of aromatic amines is 1. The average Bonchev–Trinajstić information content (AvgIpc) is 3.02. The van der Waals surface area contributed by atoms with E-state index in [0.717, 1.165) is 61.3 Å². The minimum atomic E-state index is 0.170. The van der Waals surface area contributed by atoms with Gasteiger partial charge in [-0.1, -0.05) is 18.2 Å². The Morgan fingerprint density at radius 1 is 1.24 bits per heavy atom. The van der Waals surface area contributed by atoms with Gasteiger partial charge >= 0.3 is 0 Å². The van der Waals surface area contributed by atoms with Crippen LogP contribution in [0.1, 0.15) is 12.1 Å². The first kappa shape index (κ1) is 15.8. The van der Waals surface area contributed by atoms with Crippen molar-refractivity contribution >= 4 is 22.1 Å². The molecule has 0 amide bonds. The van der Waals surface area contributed by atoms with Crippen molar-refractivity contribution in [3.8, 4) is 6.07 Å². The first-order valence-electron chi connectivity index (χ1n) is 8.54. The summed E-state index contributed by atoms with van der Waals surface area (Å²) in [6.45, 7) is 5.13. The summed E-state index contributed by atoms with van der Waals surface area (Å²) in [4.78, 5) is 10.2. The molecule has 1 fully saturated rings. The highest BCUT2D eigenvalue weighted by Gasteiger charge is 2.14. The molecule has 7 nitrogen and oxygen atoms in total. The second-order valence-corrected chi connectivity index (χ2v) is 6.25. The van der Waals surface area contributed by atoms with Crippen molar-refractivity contribution in [2.45, 2.75) is 13.0 Å². The zero-order valence-electron chi connectivity index (χ0n) is 14.0. The summed E-state index contributed by atoms with van der Waals surface area (Å²) in [5, 5.41) is 18.7. The van der Waals surface area contributed by atoms with Crippen LogP contribution in [0.5, 0.6) is 0 Å². The maximum absolute atomic E-state index is 9.36. The first-order chi connectivity index (χ1) is 12.3. The maximum atomic E-state index is 9.36. The van der Waals surface area contributed by atoms with Crippen LogP contribution in [0.3, 0.4) is 0 Å². The third-order valence-electron chi connectivity index (χ3n) is 4.71. The number of hydrogen-bond donors (Lipinski definition) is 2. The molecular formula is C18H20N6O. The molecule has 0 atom stereocenters. The number of rotatable bonds is 4. The number of fused-ring (bicyclic) bond motifs is 3. The fourth-order valence-corrected chi connectivity index (χ4v) is 3.40. The second-order valence-electron chi connectivity index (χ2n) is 6.25. The van der Waals surface area contributed by atoms with E-state index >= 15 is 0 Å². The topological polar surface area (TPSA) is 93.7 Å². The van der Waals surface area contributed by atoms with Gasteiger partial charge in [0.25, 0.3) is 0 Å². The fraction of sp³-hybridized carbons (Fsp3) is 0.389. The number of aromatic nitrogens is 3. The minimum absolute atomic E-state index is 0.170. The highest BCUT2D eigenvalue weighted by Crippen LogP contribution is 2.22. The Morgan fingerprint density at radius 3 is 2.84 bits per heavy atom. The molecule has 3 heterocycles. The standard InChI is InChI=1S/C18H20N6O/c19-12-15-17(20)24(7-3-6-23-8-10-25-11-9-23)18-16(21-15)13-4-1-2-5-14(13)22-18/h1-2,4-5,20,22H,3,6-11H2. The lowest BCUT2D eigenvalue weighted by atomic mass is 10.2. The molecule has 25 heavy (non-hydrogen) atoms. The van der Waals surface area contributed by atoms with Crippen LogP contribution in [-0.4, -0.2) is 52.3 Å². The number of nitrogens with zero attached hydrogens (tertiary/aromatic N) is 4. The van der Waals surface area contributed by atoms with Crippen molar-refractivity contribution in [1.29, 1.82) is 10.7 Å². The van der Waals surface area contributed by atoms with E-state index in [4.69, 9.17) is 10.1 Å². The molecule has 1 aliphatic rings. The van der Waals surface area contributed by atoms with E-state index in [0.29, 0.717) is 6.54 Å². The molecule has 128 valence electrons. The molecule has 1 aliphatic heterocycles. The Morgan fingerprint density at radius 2 is 2.04 bits per heavy atom. The number of H-pyrrole nitrogens is 1. The number of nitriles is 1. The molecule has 7 heteroatoms. The van der Waals surface area contributed by atoms with E-state index in [1.807, 2.05) is 28.8 Å². The van der Waals surface area contributed by atoms with Gasteiger partial charge in [0.2, 0.25) is 0 Å². The third kappa shape index (κ3) is 2.90. The largest absolute Gasteiger partial charge is 0.379 e. The van der Waals surface area contributed by atoms with Crippen molar-refractivity contribution in [1.82, 2.24) is 19.4 Å². The lowest BCUT2D eigenvalue weighted by Gasteiger charge is -2.26. The van der Waals surface area contributed by atoms with Crippen LogP contribution in [-0.2, 0) is 11.3 Å². The Labute approximate surface area is 145 Å². The number of ether oxygens (including phenoxy) is 1. The summed E-state index contributed by atoms with van der Waals surface area (Å²) in [6.07, 6.45) is 0.913. The van der Waals surface area contributed by atoms with Crippen LogP contribution in [0.4, 0.5) is 0 Å². The molecule has 0 spiro atoms. The van der Waals surface area contributed by atoms with Gasteiger partial charge in [-0.25, -0.2) is 4.98 Å². The predicted molar refractivity (Wildman–Crippen MR) is 94.0 cm³/mol. The van der Waals surface area contributed by atoms with Crippen LogP contribution in [0.25, 0.3) is 22.1 Å². The number of hydrogen-bond acceptors (Lipinski definition) is 5. The van der Waals surface area contributed by atoms with E-state index in [1.54, 1.807) is 0 Å². The molecule has 0 bridgehead atoms. The monoisotopic (exact) mass is 336 g/mol. The van der Waals surface area contributed by atoms with E-state index in [1.165, 1.54) is 0 Å². The average molecular weight is 336 g/mol. The SMILES string of the molecule is N#Cc1nc2c3ccccc3[nH]c2n(CCCN2CCOCC2)c1=N. The first-order valence-corrected chi connectivity index (χ1v) is 8.54. The van der Waals surface area contributed by atoms with Crippen molar-refractivity contribution in [3.05, 3.63) is 35.4 Å². The van der Waals surface area contributed by atoms with Crippen LogP contribution in [0, 0.1) is 16.7 Å². The predicted octanol–water partition coefficient (Wildman–Crippen LogP) is 1.59. The van der Waals surface area contributed by atoms with Gasteiger partial charge in [0.05, 0.1) is 13.2 Å². The number of aryl methyl sites for hydroxylation is 1. The van der Waals surface area contributed by atoms with Gasteiger partial charge in [0, 0.05) is 37.1 Å². The summed E-state index contributed by atoms with van der Waals surface area (Å²) in [7, 11) is 0. The van der Waals surface area contributed by atoms with Crippen LogP contribution >= 0.6 is 0 Å². The van der Waals surface area contributed by atoms with Crippen LogP contribution in [0.2, 0.25) is 0 Å². The van der Waals surface area contributed by atoms with Gasteiger partial charge < -0.3 is 14.3 Å². The molecule has 1 aromatic carbocycles. The fourth-order valence-electron chi connectivity index (χ4n) is 3.40. The molecule has 1 saturated heterocycles. The zero-order valence-corrected chi connectivity index (χ0v) is 14.0. The van der Waals surface area contributed by atoms with E-state index < -0.39 is 0 Å². The number of para-hydroxylation sites is 1. The summed E-state index contributed by atoms with van der Waals surface area (Å²) < 4.78 is 7.26. The molecular weight excluding hydrogens is 316 g/mol. The Bertz CT molecular complexity index is 1010. The second kappa shape index (κ2) is 6.67. The van der Waals surface area contributed by atoms with Gasteiger partial charge in [-0.2, -0.15) is 5.26 Å². The van der Waals surface area contributed by atoms with E-state index in [-0.39, 0.29) is 11.2 Å². The number of nitrogens with one attached hydrogen (secondary N) is 2. The van der Waals surface area contributed by atoms with Gasteiger partial charge in [-0.15, -0.1) is 0 Å². The van der Waals surface area contributed by atoms with Crippen molar-refractivity contribution in [2.24, 2.45) is 0 Å².